The first-order valence-electron chi connectivity index (χ1n) is 7.50. The summed E-state index contributed by atoms with van der Waals surface area (Å²) in [5.41, 5.74) is 5.94. The van der Waals surface area contributed by atoms with Crippen LogP contribution in [0.25, 0.3) is 0 Å². The van der Waals surface area contributed by atoms with Gasteiger partial charge in [-0.1, -0.05) is 6.42 Å². The zero-order valence-electron chi connectivity index (χ0n) is 12.4. The van der Waals surface area contributed by atoms with Gasteiger partial charge in [0, 0.05) is 18.8 Å². The predicted octanol–water partition coefficient (Wildman–Crippen LogP) is 2.62. The van der Waals surface area contributed by atoms with E-state index < -0.39 is 11.5 Å². The van der Waals surface area contributed by atoms with Crippen molar-refractivity contribution in [1.82, 2.24) is 0 Å². The van der Waals surface area contributed by atoms with E-state index in [0.717, 1.165) is 38.0 Å². The summed E-state index contributed by atoms with van der Waals surface area (Å²) in [7, 11) is 0. The minimum absolute atomic E-state index is 0.00417. The van der Waals surface area contributed by atoms with Crippen molar-refractivity contribution in [3.63, 3.8) is 0 Å². The smallest absolute Gasteiger partial charge is 0.323 e. The van der Waals surface area contributed by atoms with E-state index in [1.165, 1.54) is 12.1 Å². The summed E-state index contributed by atoms with van der Waals surface area (Å²) in [4.78, 5) is 13.5. The van der Waals surface area contributed by atoms with Gasteiger partial charge in [0.2, 0.25) is 0 Å². The molecule has 0 spiro atoms. The first-order valence-corrected chi connectivity index (χ1v) is 7.50. The molecule has 116 valence electrons. The van der Waals surface area contributed by atoms with Crippen LogP contribution in [0.2, 0.25) is 0 Å². The largest absolute Gasteiger partial charge is 0.480 e. The number of carbonyl (C=O) groups is 1. The van der Waals surface area contributed by atoms with Gasteiger partial charge in [-0.25, -0.2) is 4.39 Å². The van der Waals surface area contributed by atoms with Crippen LogP contribution in [0.15, 0.2) is 24.3 Å². The van der Waals surface area contributed by atoms with Crippen molar-refractivity contribution >= 4 is 11.7 Å². The third-order valence-corrected chi connectivity index (χ3v) is 4.59. The van der Waals surface area contributed by atoms with Crippen LogP contribution in [0.1, 0.15) is 32.6 Å². The highest BCUT2D eigenvalue weighted by molar-refractivity contribution is 5.79. The standard InChI is InChI=1S/C16H23FN2O2/c1-2-19(14-7-5-13(17)6-8-14)11-9-12-4-3-10-16(12,18)15(20)21/h5-8,12H,2-4,9-11,18H2,1H3,(H,20,21). The molecule has 5 heteroatoms. The van der Waals surface area contributed by atoms with Crippen LogP contribution in [0.3, 0.4) is 0 Å². The number of nitrogens with two attached hydrogens (primary N) is 1. The molecule has 1 fully saturated rings. The summed E-state index contributed by atoms with van der Waals surface area (Å²) in [6, 6.07) is 6.39. The van der Waals surface area contributed by atoms with Gasteiger partial charge in [0.25, 0.3) is 0 Å². The molecule has 21 heavy (non-hydrogen) atoms. The summed E-state index contributed by atoms with van der Waals surface area (Å²) in [6.45, 7) is 3.56. The number of rotatable bonds is 6. The van der Waals surface area contributed by atoms with Gasteiger partial charge in [0.05, 0.1) is 0 Å². The third kappa shape index (κ3) is 3.35. The van der Waals surface area contributed by atoms with Crippen LogP contribution in [0, 0.1) is 11.7 Å². The second-order valence-electron chi connectivity index (χ2n) is 5.78. The maximum absolute atomic E-state index is 13.0. The second kappa shape index (κ2) is 6.43. The minimum atomic E-state index is -1.08. The molecule has 1 aliphatic carbocycles. The number of hydrogen-bond donors (Lipinski definition) is 2. The van der Waals surface area contributed by atoms with Crippen molar-refractivity contribution in [3.8, 4) is 0 Å². The molecular formula is C16H23FN2O2. The maximum Gasteiger partial charge on any atom is 0.323 e. The SMILES string of the molecule is CCN(CCC1CCCC1(N)C(=O)O)c1ccc(F)cc1. The fourth-order valence-electron chi connectivity index (χ4n) is 3.22. The molecule has 4 nitrogen and oxygen atoms in total. The highest BCUT2D eigenvalue weighted by atomic mass is 19.1. The summed E-state index contributed by atoms with van der Waals surface area (Å²) in [5.74, 6) is -1.14. The lowest BCUT2D eigenvalue weighted by molar-refractivity contribution is -0.144. The molecule has 2 rings (SSSR count). The normalized spacial score (nSPS) is 25.0. The van der Waals surface area contributed by atoms with E-state index in [9.17, 15) is 14.3 Å². The molecule has 0 amide bonds. The molecule has 1 aromatic rings. The third-order valence-electron chi connectivity index (χ3n) is 4.59. The number of carboxylic acids is 1. The van der Waals surface area contributed by atoms with Crippen LogP contribution < -0.4 is 10.6 Å². The Bertz CT molecular complexity index is 492. The van der Waals surface area contributed by atoms with Crippen molar-refractivity contribution in [1.29, 1.82) is 0 Å². The van der Waals surface area contributed by atoms with Gasteiger partial charge in [-0.15, -0.1) is 0 Å². The first-order chi connectivity index (χ1) is 9.97. The Hall–Kier alpha value is -1.62. The zero-order chi connectivity index (χ0) is 15.5. The molecule has 3 N–H and O–H groups in total. The second-order valence-corrected chi connectivity index (χ2v) is 5.78. The number of benzene rings is 1. The Morgan fingerprint density at radius 3 is 2.71 bits per heavy atom. The van der Waals surface area contributed by atoms with Gasteiger partial charge in [-0.2, -0.15) is 0 Å². The van der Waals surface area contributed by atoms with Gasteiger partial charge >= 0.3 is 5.97 Å². The average molecular weight is 294 g/mol. The lowest BCUT2D eigenvalue weighted by Gasteiger charge is -2.30. The van der Waals surface area contributed by atoms with Gasteiger partial charge in [0.15, 0.2) is 0 Å². The number of aliphatic carboxylic acids is 1. The van der Waals surface area contributed by atoms with Crippen LogP contribution >= 0.6 is 0 Å². The average Bonchev–Trinajstić information content (AvgIpc) is 2.84. The molecule has 0 saturated heterocycles. The topological polar surface area (TPSA) is 66.6 Å². The number of nitrogens with zero attached hydrogens (tertiary/aromatic N) is 1. The van der Waals surface area contributed by atoms with E-state index >= 15 is 0 Å². The summed E-state index contributed by atoms with van der Waals surface area (Å²) < 4.78 is 13.0. The lowest BCUT2D eigenvalue weighted by Crippen LogP contribution is -2.51. The van der Waals surface area contributed by atoms with Gasteiger partial charge in [-0.3, -0.25) is 4.79 Å². The fraction of sp³-hybridized carbons (Fsp3) is 0.562. The Morgan fingerprint density at radius 2 is 2.14 bits per heavy atom. The van der Waals surface area contributed by atoms with Gasteiger partial charge in [0.1, 0.15) is 11.4 Å². The molecule has 0 aromatic heterocycles. The van der Waals surface area contributed by atoms with E-state index in [0.29, 0.717) is 6.42 Å². The molecule has 0 radical (unpaired) electrons. The van der Waals surface area contributed by atoms with E-state index in [1.807, 2.05) is 6.92 Å². The van der Waals surface area contributed by atoms with Crippen LogP contribution in [-0.4, -0.2) is 29.7 Å². The molecule has 0 aliphatic heterocycles. The van der Waals surface area contributed by atoms with Gasteiger partial charge < -0.3 is 15.7 Å². The number of anilines is 1. The monoisotopic (exact) mass is 294 g/mol. The minimum Gasteiger partial charge on any atom is -0.480 e. The van der Waals surface area contributed by atoms with Crippen molar-refractivity contribution in [2.24, 2.45) is 11.7 Å². The number of hydrogen-bond acceptors (Lipinski definition) is 3. The highest BCUT2D eigenvalue weighted by Crippen LogP contribution is 2.36. The highest BCUT2D eigenvalue weighted by Gasteiger charge is 2.45. The molecule has 1 saturated carbocycles. The van der Waals surface area contributed by atoms with Crippen LogP contribution in [0.4, 0.5) is 10.1 Å². The van der Waals surface area contributed by atoms with Crippen molar-refractivity contribution in [2.45, 2.75) is 38.1 Å². The Kier molecular flexibility index (Phi) is 4.83. The quantitative estimate of drug-likeness (QED) is 0.846. The molecular weight excluding hydrogens is 271 g/mol. The maximum atomic E-state index is 13.0. The molecule has 0 bridgehead atoms. The van der Waals surface area contributed by atoms with E-state index in [1.54, 1.807) is 12.1 Å². The molecule has 0 heterocycles. The zero-order valence-corrected chi connectivity index (χ0v) is 12.4. The van der Waals surface area contributed by atoms with E-state index in [-0.39, 0.29) is 11.7 Å². The molecule has 2 unspecified atom stereocenters. The molecule has 1 aliphatic rings. The fourth-order valence-corrected chi connectivity index (χ4v) is 3.22. The Labute approximate surface area is 124 Å². The van der Waals surface area contributed by atoms with Crippen molar-refractivity contribution < 1.29 is 14.3 Å². The number of halogens is 1. The summed E-state index contributed by atoms with van der Waals surface area (Å²) >= 11 is 0. The Balaban J connectivity index is 2.00. The van der Waals surface area contributed by atoms with Crippen molar-refractivity contribution in [3.05, 3.63) is 30.1 Å². The van der Waals surface area contributed by atoms with E-state index in [4.69, 9.17) is 5.73 Å². The summed E-state index contributed by atoms with van der Waals surface area (Å²) in [5, 5.41) is 9.33. The van der Waals surface area contributed by atoms with Crippen molar-refractivity contribution in [2.75, 3.05) is 18.0 Å². The number of carboxylic acid groups (broad SMARTS) is 1. The van der Waals surface area contributed by atoms with Gasteiger partial charge in [-0.05, 0) is 56.4 Å². The van der Waals surface area contributed by atoms with E-state index in [2.05, 4.69) is 4.90 Å². The van der Waals surface area contributed by atoms with Crippen LogP contribution in [0.5, 0.6) is 0 Å². The summed E-state index contributed by atoms with van der Waals surface area (Å²) in [6.07, 6.45) is 3.03. The van der Waals surface area contributed by atoms with Crippen LogP contribution in [-0.2, 0) is 4.79 Å². The molecule has 2 atom stereocenters. The lowest BCUT2D eigenvalue weighted by atomic mass is 9.85. The molecule has 1 aromatic carbocycles. The first kappa shape index (κ1) is 15.8. The predicted molar refractivity (Wildman–Crippen MR) is 80.8 cm³/mol. The Morgan fingerprint density at radius 1 is 1.48 bits per heavy atom.